The Morgan fingerprint density at radius 2 is 2.00 bits per heavy atom. The summed E-state index contributed by atoms with van der Waals surface area (Å²) in [5.41, 5.74) is 1.26. The van der Waals surface area contributed by atoms with Gasteiger partial charge >= 0.3 is 0 Å². The van der Waals surface area contributed by atoms with Crippen LogP contribution in [-0.2, 0) is 4.74 Å². The Morgan fingerprint density at radius 1 is 1.42 bits per heavy atom. The Labute approximate surface area is 75.3 Å². The maximum absolute atomic E-state index is 4.76. The summed E-state index contributed by atoms with van der Waals surface area (Å²) in [6, 6.07) is 0. The zero-order chi connectivity index (χ0) is 9.61. The van der Waals surface area contributed by atoms with Gasteiger partial charge in [-0.2, -0.15) is 0 Å². The molecule has 0 aliphatic carbocycles. The zero-order valence-electron chi connectivity index (χ0n) is 8.72. The van der Waals surface area contributed by atoms with Gasteiger partial charge in [-0.3, -0.25) is 0 Å². The van der Waals surface area contributed by atoms with Crippen LogP contribution in [0.5, 0.6) is 0 Å². The van der Waals surface area contributed by atoms with Crippen LogP contribution >= 0.6 is 0 Å². The average molecular weight is 169 g/mol. The third-order valence-electron chi connectivity index (χ3n) is 1.29. The highest BCUT2D eigenvalue weighted by Crippen LogP contribution is 2.19. The Bertz CT molecular complexity index is 175. The minimum Gasteiger partial charge on any atom is -0.486 e. The summed E-state index contributed by atoms with van der Waals surface area (Å²) < 4.78 is 4.76. The fourth-order valence-electron chi connectivity index (χ4n) is 0.851. The van der Waals surface area contributed by atoms with Crippen LogP contribution in [0, 0.1) is 5.41 Å². The number of methoxy groups -OCH3 is 1. The van der Waals surface area contributed by atoms with Gasteiger partial charge in [0.25, 0.3) is 0 Å². The number of hydrogen-bond acceptors (Lipinski definition) is 2. The van der Waals surface area contributed by atoms with Gasteiger partial charge in [0.05, 0.1) is 7.11 Å². The highest BCUT2D eigenvalue weighted by atomic mass is 16.5. The first kappa shape index (κ1) is 11.2. The molecule has 0 atom stereocenters. The molecule has 0 saturated heterocycles. The molecule has 12 heavy (non-hydrogen) atoms. The topological polar surface area (TPSA) is 21.6 Å². The van der Waals surface area contributed by atoms with E-state index in [4.69, 9.17) is 4.74 Å². The normalized spacial score (nSPS) is 13.9. The lowest BCUT2D eigenvalue weighted by Gasteiger charge is -2.12. The van der Waals surface area contributed by atoms with Crippen molar-refractivity contribution in [2.45, 2.75) is 34.1 Å². The monoisotopic (exact) mass is 169 g/mol. The minimum atomic E-state index is 0.191. The van der Waals surface area contributed by atoms with Crippen molar-refractivity contribution in [3.8, 4) is 0 Å². The maximum Gasteiger partial charge on any atom is 0.173 e. The van der Waals surface area contributed by atoms with Gasteiger partial charge in [-0.1, -0.05) is 33.8 Å². The predicted octanol–water partition coefficient (Wildman–Crippen LogP) is 3.00. The molecular formula is C10H19NO. The van der Waals surface area contributed by atoms with E-state index in [1.807, 2.05) is 0 Å². The van der Waals surface area contributed by atoms with E-state index in [2.05, 4.69) is 38.8 Å². The minimum absolute atomic E-state index is 0.191. The molecule has 0 fully saturated rings. The van der Waals surface area contributed by atoms with Crippen molar-refractivity contribution >= 4 is 6.40 Å². The van der Waals surface area contributed by atoms with Crippen molar-refractivity contribution in [3.05, 3.63) is 11.8 Å². The fourth-order valence-corrected chi connectivity index (χ4v) is 0.851. The molecule has 0 radical (unpaired) electrons. The van der Waals surface area contributed by atoms with Gasteiger partial charge < -0.3 is 4.74 Å². The van der Waals surface area contributed by atoms with Crippen LogP contribution in [0.3, 0.4) is 0 Å². The number of rotatable bonds is 3. The number of hydrogen-bond donors (Lipinski definition) is 0. The number of allylic oxidation sites excluding steroid dienone is 2. The van der Waals surface area contributed by atoms with E-state index in [1.54, 1.807) is 7.11 Å². The molecule has 2 heteroatoms. The summed E-state index contributed by atoms with van der Waals surface area (Å²) >= 11 is 0. The van der Waals surface area contributed by atoms with Crippen molar-refractivity contribution in [3.63, 3.8) is 0 Å². The third-order valence-corrected chi connectivity index (χ3v) is 1.29. The first-order valence-corrected chi connectivity index (χ1v) is 4.26. The molecule has 0 aliphatic heterocycles. The summed E-state index contributed by atoms with van der Waals surface area (Å²) in [5, 5.41) is 0. The van der Waals surface area contributed by atoms with E-state index in [0.29, 0.717) is 0 Å². The first-order chi connectivity index (χ1) is 5.49. The molecule has 0 aromatic heterocycles. The van der Waals surface area contributed by atoms with E-state index >= 15 is 0 Å². The zero-order valence-corrected chi connectivity index (χ0v) is 8.72. The molecule has 70 valence electrons. The lowest BCUT2D eigenvalue weighted by atomic mass is 9.95. The number of ether oxygens (including phenoxy) is 1. The van der Waals surface area contributed by atoms with Crippen LogP contribution in [0.1, 0.15) is 34.1 Å². The summed E-state index contributed by atoms with van der Waals surface area (Å²) in [6.07, 6.45) is 4.57. The molecule has 0 rings (SSSR count). The van der Waals surface area contributed by atoms with Crippen LogP contribution in [0.2, 0.25) is 0 Å². The van der Waals surface area contributed by atoms with E-state index in [9.17, 15) is 0 Å². The van der Waals surface area contributed by atoms with Crippen LogP contribution in [0.15, 0.2) is 16.8 Å². The molecule has 0 spiro atoms. The standard InChI is InChI=1S/C10H19NO/c1-6-9(11-8-12-5)7-10(2,3)4/h7-8H,6H2,1-5H3/b9-7+,11-8?. The fraction of sp³-hybridized carbons (Fsp3) is 0.700. The molecule has 0 unspecified atom stereocenters. The molecule has 0 heterocycles. The second kappa shape index (κ2) is 4.96. The van der Waals surface area contributed by atoms with Crippen LogP contribution in [0.4, 0.5) is 0 Å². The summed E-state index contributed by atoms with van der Waals surface area (Å²) in [6.45, 7) is 8.56. The Balaban J connectivity index is 4.34. The van der Waals surface area contributed by atoms with Gasteiger partial charge in [0, 0.05) is 5.70 Å². The van der Waals surface area contributed by atoms with E-state index in [-0.39, 0.29) is 5.41 Å². The number of aliphatic imine (C=N–C) groups is 1. The van der Waals surface area contributed by atoms with E-state index in [0.717, 1.165) is 12.1 Å². The van der Waals surface area contributed by atoms with Crippen molar-refractivity contribution in [2.75, 3.05) is 7.11 Å². The third kappa shape index (κ3) is 5.96. The molecule has 0 saturated carbocycles. The van der Waals surface area contributed by atoms with Crippen molar-refractivity contribution in [1.29, 1.82) is 0 Å². The van der Waals surface area contributed by atoms with Gasteiger partial charge in [-0.05, 0) is 11.8 Å². The smallest absolute Gasteiger partial charge is 0.173 e. The summed E-state index contributed by atoms with van der Waals surface area (Å²) in [4.78, 5) is 4.16. The Kier molecular flexibility index (Phi) is 4.64. The van der Waals surface area contributed by atoms with Crippen molar-refractivity contribution in [1.82, 2.24) is 0 Å². The van der Waals surface area contributed by atoms with Crippen LogP contribution in [-0.4, -0.2) is 13.5 Å². The predicted molar refractivity (Wildman–Crippen MR) is 53.3 cm³/mol. The van der Waals surface area contributed by atoms with Gasteiger partial charge in [0.15, 0.2) is 6.40 Å². The molecule has 2 nitrogen and oxygen atoms in total. The summed E-state index contributed by atoms with van der Waals surface area (Å²) in [7, 11) is 1.61. The Hall–Kier alpha value is -0.790. The van der Waals surface area contributed by atoms with E-state index in [1.165, 1.54) is 6.40 Å². The molecular weight excluding hydrogens is 150 g/mol. The first-order valence-electron chi connectivity index (χ1n) is 4.26. The van der Waals surface area contributed by atoms with Gasteiger partial charge in [-0.25, -0.2) is 4.99 Å². The van der Waals surface area contributed by atoms with Crippen molar-refractivity contribution in [2.24, 2.45) is 10.4 Å². The SMILES string of the molecule is CC/C(=C\C(C)(C)C)N=COC. The molecule has 0 amide bonds. The molecule has 0 aromatic rings. The van der Waals surface area contributed by atoms with Crippen LogP contribution in [0.25, 0.3) is 0 Å². The highest BCUT2D eigenvalue weighted by molar-refractivity contribution is 5.48. The molecule has 0 aromatic carbocycles. The lowest BCUT2D eigenvalue weighted by molar-refractivity contribution is 0.422. The summed E-state index contributed by atoms with van der Waals surface area (Å²) in [5.74, 6) is 0. The maximum atomic E-state index is 4.76. The molecule has 0 bridgehead atoms. The quantitative estimate of drug-likeness (QED) is 0.470. The average Bonchev–Trinajstić information content (AvgIpc) is 1.95. The van der Waals surface area contributed by atoms with Gasteiger partial charge in [0.2, 0.25) is 0 Å². The van der Waals surface area contributed by atoms with E-state index < -0.39 is 0 Å². The molecule has 0 N–H and O–H groups in total. The molecule has 0 aliphatic rings. The van der Waals surface area contributed by atoms with Crippen LogP contribution < -0.4 is 0 Å². The lowest BCUT2D eigenvalue weighted by Crippen LogP contribution is -2.00. The Morgan fingerprint density at radius 3 is 2.33 bits per heavy atom. The highest BCUT2D eigenvalue weighted by Gasteiger charge is 2.06. The number of nitrogens with zero attached hydrogens (tertiary/aromatic N) is 1. The van der Waals surface area contributed by atoms with Gasteiger partial charge in [-0.15, -0.1) is 0 Å². The van der Waals surface area contributed by atoms with Gasteiger partial charge in [0.1, 0.15) is 0 Å². The largest absolute Gasteiger partial charge is 0.486 e. The second-order valence-corrected chi connectivity index (χ2v) is 3.83. The second-order valence-electron chi connectivity index (χ2n) is 3.83. The van der Waals surface area contributed by atoms with Crippen molar-refractivity contribution < 1.29 is 4.74 Å².